The molecule has 2 atom stereocenters. The van der Waals surface area contributed by atoms with E-state index in [9.17, 15) is 9.59 Å². The van der Waals surface area contributed by atoms with Crippen LogP contribution in [0.4, 0.5) is 0 Å². The third-order valence-electron chi connectivity index (χ3n) is 5.82. The summed E-state index contributed by atoms with van der Waals surface area (Å²) in [5.41, 5.74) is 1.77. The normalized spacial score (nSPS) is 21.5. The summed E-state index contributed by atoms with van der Waals surface area (Å²) in [7, 11) is 1.63. The highest BCUT2D eigenvalue weighted by Crippen LogP contribution is 2.20. The number of benzene rings is 1. The van der Waals surface area contributed by atoms with Gasteiger partial charge in [-0.25, -0.2) is 0 Å². The number of aromatic nitrogens is 1. The largest absolute Gasteiger partial charge is 0.497 e. The van der Waals surface area contributed by atoms with E-state index >= 15 is 0 Å². The number of rotatable bonds is 7. The fourth-order valence-electron chi connectivity index (χ4n) is 4.06. The number of hydrogen-bond donors (Lipinski definition) is 0. The number of carbonyl (C=O) groups is 2. The summed E-state index contributed by atoms with van der Waals surface area (Å²) in [6, 6.07) is 13.3. The monoisotopic (exact) mass is 439 g/mol. The van der Waals surface area contributed by atoms with E-state index in [0.29, 0.717) is 45.9 Å². The van der Waals surface area contributed by atoms with E-state index < -0.39 is 0 Å². The predicted octanol–water partition coefficient (Wildman–Crippen LogP) is 1.88. The summed E-state index contributed by atoms with van der Waals surface area (Å²) in [6.07, 6.45) is 2.09. The number of hydrogen-bond acceptors (Lipinski definition) is 6. The fraction of sp³-hybridized carbons (Fsp3) is 0.458. The molecule has 1 aromatic carbocycles. The van der Waals surface area contributed by atoms with Crippen molar-refractivity contribution in [2.45, 2.75) is 25.7 Å². The molecular weight excluding hydrogens is 410 g/mol. The van der Waals surface area contributed by atoms with E-state index in [4.69, 9.17) is 14.2 Å². The first kappa shape index (κ1) is 22.2. The van der Waals surface area contributed by atoms with E-state index in [1.807, 2.05) is 42.5 Å². The summed E-state index contributed by atoms with van der Waals surface area (Å²) in [5.74, 6) is 0.432. The van der Waals surface area contributed by atoms with Crippen LogP contribution in [0.1, 0.15) is 17.7 Å². The van der Waals surface area contributed by atoms with Gasteiger partial charge in [-0.1, -0.05) is 18.2 Å². The summed E-state index contributed by atoms with van der Waals surface area (Å²) < 4.78 is 16.9. The number of pyridine rings is 1. The Balaban J connectivity index is 1.49. The molecule has 2 aromatic rings. The van der Waals surface area contributed by atoms with Gasteiger partial charge in [0, 0.05) is 25.9 Å². The van der Waals surface area contributed by atoms with Gasteiger partial charge in [0.05, 0.1) is 51.1 Å². The third-order valence-corrected chi connectivity index (χ3v) is 5.82. The van der Waals surface area contributed by atoms with Gasteiger partial charge in [0.2, 0.25) is 11.8 Å². The molecule has 0 saturated carbocycles. The molecule has 1 aromatic heterocycles. The highest BCUT2D eigenvalue weighted by atomic mass is 16.5. The zero-order valence-electron chi connectivity index (χ0n) is 18.3. The van der Waals surface area contributed by atoms with Crippen molar-refractivity contribution >= 4 is 11.8 Å². The molecule has 3 heterocycles. The maximum Gasteiger partial charge on any atom is 0.242 e. The summed E-state index contributed by atoms with van der Waals surface area (Å²) in [6.45, 7) is 2.54. The smallest absolute Gasteiger partial charge is 0.242 e. The predicted molar refractivity (Wildman–Crippen MR) is 117 cm³/mol. The molecule has 8 nitrogen and oxygen atoms in total. The average molecular weight is 440 g/mol. The van der Waals surface area contributed by atoms with Gasteiger partial charge in [-0.3, -0.25) is 14.6 Å². The Bertz CT molecular complexity index is 917. The highest BCUT2D eigenvalue weighted by Gasteiger charge is 2.35. The van der Waals surface area contributed by atoms with Crippen LogP contribution in [0.15, 0.2) is 48.7 Å². The quantitative estimate of drug-likeness (QED) is 0.655. The Morgan fingerprint density at radius 2 is 2.12 bits per heavy atom. The molecule has 2 saturated heterocycles. The molecular formula is C24H29N3O5. The molecule has 0 aliphatic carbocycles. The average Bonchev–Trinajstić information content (AvgIpc) is 3.31. The minimum atomic E-state index is -0.317. The minimum Gasteiger partial charge on any atom is -0.497 e. The summed E-state index contributed by atoms with van der Waals surface area (Å²) in [4.78, 5) is 33.8. The van der Waals surface area contributed by atoms with Gasteiger partial charge in [0.25, 0.3) is 0 Å². The molecule has 0 radical (unpaired) electrons. The number of nitrogens with zero attached hydrogens (tertiary/aromatic N) is 3. The van der Waals surface area contributed by atoms with Gasteiger partial charge < -0.3 is 24.0 Å². The molecule has 2 amide bonds. The first-order valence-electron chi connectivity index (χ1n) is 10.9. The number of ether oxygens (including phenoxy) is 3. The van der Waals surface area contributed by atoms with E-state index in [-0.39, 0.29) is 30.4 Å². The minimum absolute atomic E-state index is 0.0366. The van der Waals surface area contributed by atoms with Crippen molar-refractivity contribution in [3.63, 3.8) is 0 Å². The molecule has 0 N–H and O–H groups in total. The number of carbonyl (C=O) groups excluding carboxylic acids is 2. The first-order chi connectivity index (χ1) is 15.6. The second kappa shape index (κ2) is 10.6. The van der Waals surface area contributed by atoms with Crippen LogP contribution >= 0.6 is 0 Å². The molecule has 0 spiro atoms. The Kier molecular flexibility index (Phi) is 7.34. The maximum atomic E-state index is 13.1. The molecule has 2 aliphatic heterocycles. The Hall–Kier alpha value is -2.97. The van der Waals surface area contributed by atoms with Gasteiger partial charge >= 0.3 is 0 Å². The van der Waals surface area contributed by atoms with Crippen molar-refractivity contribution < 1.29 is 23.8 Å². The zero-order chi connectivity index (χ0) is 22.3. The van der Waals surface area contributed by atoms with Crippen LogP contribution in [-0.4, -0.2) is 72.7 Å². The lowest BCUT2D eigenvalue weighted by Gasteiger charge is -2.26. The Morgan fingerprint density at radius 1 is 1.22 bits per heavy atom. The molecule has 4 rings (SSSR count). The van der Waals surface area contributed by atoms with Gasteiger partial charge in [-0.2, -0.15) is 0 Å². The second-order valence-corrected chi connectivity index (χ2v) is 8.16. The van der Waals surface area contributed by atoms with Crippen LogP contribution in [-0.2, 0) is 32.2 Å². The summed E-state index contributed by atoms with van der Waals surface area (Å²) in [5, 5.41) is 0. The summed E-state index contributed by atoms with van der Waals surface area (Å²) >= 11 is 0. The van der Waals surface area contributed by atoms with E-state index in [1.165, 1.54) is 0 Å². The maximum absolute atomic E-state index is 13.1. The van der Waals surface area contributed by atoms with Crippen molar-refractivity contribution in [3.05, 3.63) is 59.9 Å². The van der Waals surface area contributed by atoms with Crippen molar-refractivity contribution in [2.24, 2.45) is 5.92 Å². The van der Waals surface area contributed by atoms with Crippen LogP contribution in [0, 0.1) is 5.92 Å². The van der Waals surface area contributed by atoms with Crippen LogP contribution in [0.2, 0.25) is 0 Å². The zero-order valence-corrected chi connectivity index (χ0v) is 18.3. The van der Waals surface area contributed by atoms with Crippen molar-refractivity contribution in [2.75, 3.05) is 40.0 Å². The van der Waals surface area contributed by atoms with Gasteiger partial charge in [0.1, 0.15) is 5.75 Å². The first-order valence-corrected chi connectivity index (χ1v) is 10.9. The Labute approximate surface area is 188 Å². The van der Waals surface area contributed by atoms with Crippen LogP contribution in [0.25, 0.3) is 0 Å². The van der Waals surface area contributed by atoms with Crippen LogP contribution in [0.5, 0.6) is 5.75 Å². The standard InChI is InChI=1S/C24H29N3O5/c1-30-21-7-4-5-18(11-21)16-32-22-13-26(12-20-6-2-3-9-25-20)23(28)15-27(14-22)24(29)19-8-10-31-17-19/h2-7,9,11,19,22H,8,10,12-17H2,1H3/t19-,22-/m1/s1. The molecule has 2 fully saturated rings. The second-order valence-electron chi connectivity index (χ2n) is 8.16. The van der Waals surface area contributed by atoms with Gasteiger partial charge in [-0.05, 0) is 36.2 Å². The van der Waals surface area contributed by atoms with Crippen molar-refractivity contribution in [3.8, 4) is 5.75 Å². The van der Waals surface area contributed by atoms with Crippen LogP contribution in [0.3, 0.4) is 0 Å². The van der Waals surface area contributed by atoms with Crippen molar-refractivity contribution in [1.29, 1.82) is 0 Å². The lowest BCUT2D eigenvalue weighted by atomic mass is 10.1. The highest BCUT2D eigenvalue weighted by molar-refractivity contribution is 5.86. The Morgan fingerprint density at radius 3 is 2.88 bits per heavy atom. The van der Waals surface area contributed by atoms with Gasteiger partial charge in [0.15, 0.2) is 0 Å². The fourth-order valence-corrected chi connectivity index (χ4v) is 4.06. The van der Waals surface area contributed by atoms with Crippen LogP contribution < -0.4 is 4.74 Å². The molecule has 32 heavy (non-hydrogen) atoms. The molecule has 0 bridgehead atoms. The van der Waals surface area contributed by atoms with Gasteiger partial charge in [-0.15, -0.1) is 0 Å². The lowest BCUT2D eigenvalue weighted by Crippen LogP contribution is -2.43. The van der Waals surface area contributed by atoms with E-state index in [0.717, 1.165) is 17.0 Å². The molecule has 8 heteroatoms. The number of methoxy groups -OCH3 is 1. The molecule has 170 valence electrons. The number of amides is 2. The van der Waals surface area contributed by atoms with E-state index in [2.05, 4.69) is 4.98 Å². The third kappa shape index (κ3) is 5.63. The van der Waals surface area contributed by atoms with E-state index in [1.54, 1.807) is 23.1 Å². The molecule has 0 unspecified atom stereocenters. The molecule has 2 aliphatic rings. The van der Waals surface area contributed by atoms with Crippen molar-refractivity contribution in [1.82, 2.24) is 14.8 Å². The topological polar surface area (TPSA) is 81.2 Å². The SMILES string of the molecule is COc1cccc(CO[C@@H]2CN(Cc3ccccn3)C(=O)CN(C(=O)[C@@H]3CCOC3)C2)c1. The lowest BCUT2D eigenvalue weighted by molar-refractivity contribution is -0.141.